The molecule has 0 fully saturated rings. The van der Waals surface area contributed by atoms with E-state index in [1.54, 1.807) is 12.1 Å². The summed E-state index contributed by atoms with van der Waals surface area (Å²) < 4.78 is 14.8. The molecule has 1 heterocycles. The standard InChI is InChI=1S/C12H11ClN2O4/c1-17-10-4-9(11(18-2)3-8(10)13)15-12(16)7-5-14-19-6-7/h3-6H,1-2H3,(H,15,16). The number of nitrogens with zero attached hydrogens (tertiary/aromatic N) is 1. The molecule has 1 N–H and O–H groups in total. The molecule has 0 radical (unpaired) electrons. The molecular formula is C12H11ClN2O4. The fraction of sp³-hybridized carbons (Fsp3) is 0.167. The van der Waals surface area contributed by atoms with Gasteiger partial charge in [0.1, 0.15) is 17.8 Å². The van der Waals surface area contributed by atoms with Crippen molar-refractivity contribution in [1.82, 2.24) is 5.16 Å². The van der Waals surface area contributed by atoms with Crippen molar-refractivity contribution >= 4 is 23.2 Å². The summed E-state index contributed by atoms with van der Waals surface area (Å²) in [7, 11) is 2.96. The lowest BCUT2D eigenvalue weighted by molar-refractivity contribution is 0.102. The number of aromatic nitrogens is 1. The van der Waals surface area contributed by atoms with E-state index >= 15 is 0 Å². The Morgan fingerprint density at radius 1 is 1.32 bits per heavy atom. The largest absolute Gasteiger partial charge is 0.495 e. The van der Waals surface area contributed by atoms with Crippen LogP contribution in [0.3, 0.4) is 0 Å². The van der Waals surface area contributed by atoms with Gasteiger partial charge < -0.3 is 19.3 Å². The highest BCUT2D eigenvalue weighted by molar-refractivity contribution is 6.32. The number of amides is 1. The van der Waals surface area contributed by atoms with Gasteiger partial charge in [-0.3, -0.25) is 4.79 Å². The second kappa shape index (κ2) is 5.62. The predicted octanol–water partition coefficient (Wildman–Crippen LogP) is 2.60. The summed E-state index contributed by atoms with van der Waals surface area (Å²) >= 11 is 5.97. The third-order valence-electron chi connectivity index (χ3n) is 2.42. The predicted molar refractivity (Wildman–Crippen MR) is 69.0 cm³/mol. The monoisotopic (exact) mass is 282 g/mol. The van der Waals surface area contributed by atoms with Crippen molar-refractivity contribution in [2.24, 2.45) is 0 Å². The highest BCUT2D eigenvalue weighted by Gasteiger charge is 2.14. The molecule has 0 saturated heterocycles. The van der Waals surface area contributed by atoms with E-state index in [2.05, 4.69) is 15.0 Å². The molecule has 0 aliphatic heterocycles. The van der Waals surface area contributed by atoms with Crippen LogP contribution in [0.5, 0.6) is 11.5 Å². The zero-order chi connectivity index (χ0) is 13.8. The Morgan fingerprint density at radius 3 is 2.63 bits per heavy atom. The first-order valence-electron chi connectivity index (χ1n) is 5.28. The van der Waals surface area contributed by atoms with Crippen LogP contribution in [0, 0.1) is 0 Å². The summed E-state index contributed by atoms with van der Waals surface area (Å²) in [5, 5.41) is 6.52. The van der Waals surface area contributed by atoms with E-state index in [0.29, 0.717) is 27.8 Å². The summed E-state index contributed by atoms with van der Waals surface area (Å²) in [4.78, 5) is 11.9. The first kappa shape index (κ1) is 13.2. The van der Waals surface area contributed by atoms with Crippen LogP contribution in [0.2, 0.25) is 5.02 Å². The first-order chi connectivity index (χ1) is 9.15. The zero-order valence-corrected chi connectivity index (χ0v) is 11.0. The van der Waals surface area contributed by atoms with E-state index in [9.17, 15) is 4.79 Å². The molecule has 7 heteroatoms. The van der Waals surface area contributed by atoms with Crippen LogP contribution in [0.4, 0.5) is 5.69 Å². The zero-order valence-electron chi connectivity index (χ0n) is 10.3. The van der Waals surface area contributed by atoms with E-state index in [1.807, 2.05) is 0 Å². The first-order valence-corrected chi connectivity index (χ1v) is 5.65. The van der Waals surface area contributed by atoms with Crippen LogP contribution < -0.4 is 14.8 Å². The second-order valence-electron chi connectivity index (χ2n) is 3.55. The van der Waals surface area contributed by atoms with Gasteiger partial charge in [0.25, 0.3) is 5.91 Å². The third kappa shape index (κ3) is 2.79. The van der Waals surface area contributed by atoms with E-state index in [1.165, 1.54) is 26.7 Å². The molecule has 1 aromatic carbocycles. The fourth-order valence-corrected chi connectivity index (χ4v) is 1.70. The Hall–Kier alpha value is -2.21. The summed E-state index contributed by atoms with van der Waals surface area (Å²) in [5.74, 6) is 0.489. The normalized spacial score (nSPS) is 10.1. The summed E-state index contributed by atoms with van der Waals surface area (Å²) in [6.45, 7) is 0. The van der Waals surface area contributed by atoms with Crippen molar-refractivity contribution in [3.05, 3.63) is 35.2 Å². The number of ether oxygens (including phenoxy) is 2. The molecule has 2 rings (SSSR count). The number of benzene rings is 1. The Balaban J connectivity index is 2.31. The Labute approximate surface area is 114 Å². The number of nitrogens with one attached hydrogen (secondary N) is 1. The molecule has 19 heavy (non-hydrogen) atoms. The van der Waals surface area contributed by atoms with Crippen molar-refractivity contribution in [2.75, 3.05) is 19.5 Å². The van der Waals surface area contributed by atoms with Gasteiger partial charge in [-0.25, -0.2) is 0 Å². The maximum absolute atomic E-state index is 11.9. The van der Waals surface area contributed by atoms with Crippen LogP contribution in [0.25, 0.3) is 0 Å². The lowest BCUT2D eigenvalue weighted by atomic mass is 10.2. The fourth-order valence-electron chi connectivity index (χ4n) is 1.47. The smallest absolute Gasteiger partial charge is 0.260 e. The summed E-state index contributed by atoms with van der Waals surface area (Å²) in [5.41, 5.74) is 0.742. The molecule has 1 amide bonds. The van der Waals surface area contributed by atoms with Crippen LogP contribution in [-0.4, -0.2) is 25.3 Å². The number of carbonyl (C=O) groups is 1. The summed E-state index contributed by atoms with van der Waals surface area (Å²) in [6, 6.07) is 3.14. The van der Waals surface area contributed by atoms with Gasteiger partial charge in [-0.15, -0.1) is 0 Å². The van der Waals surface area contributed by atoms with Crippen LogP contribution in [0.15, 0.2) is 29.1 Å². The van der Waals surface area contributed by atoms with Gasteiger partial charge in [-0.2, -0.15) is 0 Å². The van der Waals surface area contributed by atoms with Gasteiger partial charge in [0.15, 0.2) is 0 Å². The van der Waals surface area contributed by atoms with E-state index in [-0.39, 0.29) is 5.91 Å². The maximum Gasteiger partial charge on any atom is 0.260 e. The summed E-state index contributed by atoms with van der Waals surface area (Å²) in [6.07, 6.45) is 2.56. The number of carbonyl (C=O) groups excluding carboxylic acids is 1. The van der Waals surface area contributed by atoms with Crippen molar-refractivity contribution in [2.45, 2.75) is 0 Å². The highest BCUT2D eigenvalue weighted by Crippen LogP contribution is 2.35. The second-order valence-corrected chi connectivity index (χ2v) is 3.96. The molecule has 0 unspecified atom stereocenters. The number of methoxy groups -OCH3 is 2. The van der Waals surface area contributed by atoms with Gasteiger partial charge >= 0.3 is 0 Å². The van der Waals surface area contributed by atoms with Gasteiger partial charge in [0.05, 0.1) is 36.7 Å². The quantitative estimate of drug-likeness (QED) is 0.933. The van der Waals surface area contributed by atoms with E-state index in [4.69, 9.17) is 21.1 Å². The number of anilines is 1. The highest BCUT2D eigenvalue weighted by atomic mass is 35.5. The molecule has 0 aliphatic carbocycles. The Bertz CT molecular complexity index is 584. The minimum Gasteiger partial charge on any atom is -0.495 e. The van der Waals surface area contributed by atoms with Crippen LogP contribution in [-0.2, 0) is 0 Å². The molecule has 100 valence electrons. The van der Waals surface area contributed by atoms with Gasteiger partial charge in [0, 0.05) is 12.1 Å². The molecule has 0 spiro atoms. The molecule has 6 nitrogen and oxygen atoms in total. The molecule has 0 bridgehead atoms. The molecule has 0 atom stereocenters. The minimum absolute atomic E-state index is 0.302. The van der Waals surface area contributed by atoms with Crippen LogP contribution >= 0.6 is 11.6 Å². The lowest BCUT2D eigenvalue weighted by Crippen LogP contribution is -2.12. The Morgan fingerprint density at radius 2 is 2.05 bits per heavy atom. The third-order valence-corrected chi connectivity index (χ3v) is 2.71. The van der Waals surface area contributed by atoms with E-state index < -0.39 is 0 Å². The van der Waals surface area contributed by atoms with Gasteiger partial charge in [-0.1, -0.05) is 16.8 Å². The number of halogens is 1. The van der Waals surface area contributed by atoms with Crippen molar-refractivity contribution < 1.29 is 18.8 Å². The van der Waals surface area contributed by atoms with Gasteiger partial charge in [0.2, 0.25) is 0 Å². The number of hydrogen-bond donors (Lipinski definition) is 1. The lowest BCUT2D eigenvalue weighted by Gasteiger charge is -2.12. The topological polar surface area (TPSA) is 73.6 Å². The molecular weight excluding hydrogens is 272 g/mol. The minimum atomic E-state index is -0.371. The Kier molecular flexibility index (Phi) is 3.91. The van der Waals surface area contributed by atoms with Crippen molar-refractivity contribution in [3.8, 4) is 11.5 Å². The van der Waals surface area contributed by atoms with Crippen LogP contribution in [0.1, 0.15) is 10.4 Å². The average Bonchev–Trinajstić information content (AvgIpc) is 2.94. The molecule has 2 aromatic rings. The number of hydrogen-bond acceptors (Lipinski definition) is 5. The van der Waals surface area contributed by atoms with Gasteiger partial charge in [-0.05, 0) is 0 Å². The average molecular weight is 283 g/mol. The van der Waals surface area contributed by atoms with Crippen molar-refractivity contribution in [1.29, 1.82) is 0 Å². The molecule has 0 aliphatic rings. The van der Waals surface area contributed by atoms with E-state index in [0.717, 1.165) is 0 Å². The SMILES string of the molecule is COc1cc(NC(=O)c2cnoc2)c(OC)cc1Cl. The maximum atomic E-state index is 11.9. The number of rotatable bonds is 4. The van der Waals surface area contributed by atoms with Crippen molar-refractivity contribution in [3.63, 3.8) is 0 Å². The molecule has 0 saturated carbocycles. The molecule has 1 aromatic heterocycles.